The summed E-state index contributed by atoms with van der Waals surface area (Å²) in [4.78, 5) is 1.69. The van der Waals surface area contributed by atoms with Gasteiger partial charge in [-0.3, -0.25) is 0 Å². The molecule has 1 aromatic heterocycles. The van der Waals surface area contributed by atoms with E-state index in [0.29, 0.717) is 4.83 Å². The van der Waals surface area contributed by atoms with Crippen LogP contribution < -0.4 is 0 Å². The first-order valence-electron chi connectivity index (χ1n) is 6.67. The van der Waals surface area contributed by atoms with Crippen LogP contribution in [0.5, 0.6) is 0 Å². The minimum absolute atomic E-state index is 0.315. The standard InChI is InChI=1S/C16H16Br2S/c1-10-8-14(19-16(10)18)15(17)13-7-6-11-4-2-3-5-12(11)9-13/h6-9,15H,2-5H2,1H3. The molecule has 1 unspecified atom stereocenters. The van der Waals surface area contributed by atoms with Crippen LogP contribution in [0.4, 0.5) is 0 Å². The van der Waals surface area contributed by atoms with Gasteiger partial charge in [-0.15, -0.1) is 11.3 Å². The minimum Gasteiger partial charge on any atom is -0.131 e. The fourth-order valence-electron chi connectivity index (χ4n) is 2.68. The van der Waals surface area contributed by atoms with Gasteiger partial charge in [0.1, 0.15) is 0 Å². The molecule has 0 aliphatic heterocycles. The molecule has 1 aliphatic rings. The topological polar surface area (TPSA) is 0 Å². The first-order valence-corrected chi connectivity index (χ1v) is 9.19. The number of rotatable bonds is 2. The molecule has 0 radical (unpaired) electrons. The van der Waals surface area contributed by atoms with Crippen molar-refractivity contribution in [2.75, 3.05) is 0 Å². The second-order valence-electron chi connectivity index (χ2n) is 5.20. The van der Waals surface area contributed by atoms with Gasteiger partial charge in [-0.25, -0.2) is 0 Å². The molecule has 19 heavy (non-hydrogen) atoms. The van der Waals surface area contributed by atoms with Gasteiger partial charge in [0.15, 0.2) is 0 Å². The van der Waals surface area contributed by atoms with Gasteiger partial charge in [-0.1, -0.05) is 34.1 Å². The third-order valence-corrected chi connectivity index (χ3v) is 7.32. The lowest BCUT2D eigenvalue weighted by Gasteiger charge is -2.18. The predicted molar refractivity (Wildman–Crippen MR) is 90.6 cm³/mol. The Kier molecular flexibility index (Phi) is 4.16. The van der Waals surface area contributed by atoms with Crippen LogP contribution in [0.1, 0.15) is 44.8 Å². The SMILES string of the molecule is Cc1cc(C(Br)c2ccc3c(c2)CCCC3)sc1Br. The number of aryl methyl sites for hydroxylation is 3. The summed E-state index contributed by atoms with van der Waals surface area (Å²) in [6.07, 6.45) is 5.19. The highest BCUT2D eigenvalue weighted by atomic mass is 79.9. The van der Waals surface area contributed by atoms with Crippen LogP contribution in [0.3, 0.4) is 0 Å². The number of halogens is 2. The third kappa shape index (κ3) is 2.84. The van der Waals surface area contributed by atoms with Gasteiger partial charge in [0.05, 0.1) is 8.61 Å². The molecule has 1 atom stereocenters. The highest BCUT2D eigenvalue weighted by Crippen LogP contribution is 2.40. The Morgan fingerprint density at radius 1 is 1.11 bits per heavy atom. The monoisotopic (exact) mass is 398 g/mol. The van der Waals surface area contributed by atoms with Crippen molar-refractivity contribution in [1.29, 1.82) is 0 Å². The normalized spacial score (nSPS) is 16.2. The van der Waals surface area contributed by atoms with E-state index in [4.69, 9.17) is 0 Å². The van der Waals surface area contributed by atoms with Crippen LogP contribution in [0, 0.1) is 6.92 Å². The van der Waals surface area contributed by atoms with E-state index in [-0.39, 0.29) is 0 Å². The second kappa shape index (κ2) is 5.71. The predicted octanol–water partition coefficient (Wildman–Crippen LogP) is 6.18. The molecule has 2 aromatic rings. The van der Waals surface area contributed by atoms with Crippen LogP contribution in [-0.2, 0) is 12.8 Å². The van der Waals surface area contributed by atoms with Crippen molar-refractivity contribution in [1.82, 2.24) is 0 Å². The Balaban J connectivity index is 1.93. The molecule has 0 fully saturated rings. The molecular weight excluding hydrogens is 384 g/mol. The summed E-state index contributed by atoms with van der Waals surface area (Å²) < 4.78 is 1.24. The molecule has 1 aliphatic carbocycles. The molecule has 100 valence electrons. The molecule has 0 spiro atoms. The Hall–Kier alpha value is -0.120. The van der Waals surface area contributed by atoms with Gasteiger partial charge < -0.3 is 0 Å². The van der Waals surface area contributed by atoms with Gasteiger partial charge in [0, 0.05) is 4.88 Å². The summed E-state index contributed by atoms with van der Waals surface area (Å²) >= 11 is 9.30. The average molecular weight is 400 g/mol. The zero-order valence-electron chi connectivity index (χ0n) is 10.9. The number of hydrogen-bond donors (Lipinski definition) is 0. The number of alkyl halides is 1. The van der Waals surface area contributed by atoms with Gasteiger partial charge in [0.2, 0.25) is 0 Å². The number of fused-ring (bicyclic) bond motifs is 1. The van der Waals surface area contributed by atoms with E-state index in [1.54, 1.807) is 11.1 Å². The lowest BCUT2D eigenvalue weighted by molar-refractivity contribution is 0.684. The highest BCUT2D eigenvalue weighted by molar-refractivity contribution is 9.11. The summed E-state index contributed by atoms with van der Waals surface area (Å²) in [6, 6.07) is 9.28. The van der Waals surface area contributed by atoms with Crippen LogP contribution >= 0.6 is 43.2 Å². The molecule has 1 aromatic carbocycles. The lowest BCUT2D eigenvalue weighted by Crippen LogP contribution is -2.03. The zero-order chi connectivity index (χ0) is 13.4. The Labute approximate surface area is 135 Å². The number of hydrogen-bond acceptors (Lipinski definition) is 1. The van der Waals surface area contributed by atoms with Gasteiger partial charge >= 0.3 is 0 Å². The van der Waals surface area contributed by atoms with E-state index in [2.05, 4.69) is 63.0 Å². The molecule has 0 saturated carbocycles. The largest absolute Gasteiger partial charge is 0.131 e. The molecule has 0 N–H and O–H groups in total. The minimum atomic E-state index is 0.315. The summed E-state index contributed by atoms with van der Waals surface area (Å²) in [5.41, 5.74) is 5.82. The van der Waals surface area contributed by atoms with Crippen molar-refractivity contribution in [2.45, 2.75) is 37.4 Å². The van der Waals surface area contributed by atoms with Gasteiger partial charge in [-0.2, -0.15) is 0 Å². The van der Waals surface area contributed by atoms with Gasteiger partial charge in [-0.05, 0) is 76.9 Å². The first-order chi connectivity index (χ1) is 9.15. The van der Waals surface area contributed by atoms with E-state index in [1.165, 1.54) is 45.5 Å². The molecule has 0 saturated heterocycles. The van der Waals surface area contributed by atoms with Crippen molar-refractivity contribution in [3.8, 4) is 0 Å². The maximum absolute atomic E-state index is 3.86. The summed E-state index contributed by atoms with van der Waals surface area (Å²) in [6.45, 7) is 2.15. The Morgan fingerprint density at radius 2 is 1.84 bits per heavy atom. The Morgan fingerprint density at radius 3 is 2.53 bits per heavy atom. The summed E-state index contributed by atoms with van der Waals surface area (Å²) in [7, 11) is 0. The van der Waals surface area contributed by atoms with E-state index < -0.39 is 0 Å². The van der Waals surface area contributed by atoms with Crippen molar-refractivity contribution in [3.05, 3.63) is 55.2 Å². The van der Waals surface area contributed by atoms with Crippen molar-refractivity contribution < 1.29 is 0 Å². The first kappa shape index (κ1) is 13.8. The van der Waals surface area contributed by atoms with Crippen LogP contribution in [0.2, 0.25) is 0 Å². The quantitative estimate of drug-likeness (QED) is 0.528. The fourth-order valence-corrected chi connectivity index (χ4v) is 4.96. The highest BCUT2D eigenvalue weighted by Gasteiger charge is 2.17. The molecule has 3 rings (SSSR count). The lowest BCUT2D eigenvalue weighted by atomic mass is 9.90. The van der Waals surface area contributed by atoms with Crippen molar-refractivity contribution in [2.24, 2.45) is 0 Å². The molecular formula is C16H16Br2S. The van der Waals surface area contributed by atoms with E-state index in [0.717, 1.165) is 0 Å². The molecule has 0 amide bonds. The van der Waals surface area contributed by atoms with Crippen LogP contribution in [0.15, 0.2) is 28.1 Å². The van der Waals surface area contributed by atoms with Crippen molar-refractivity contribution >= 4 is 43.2 Å². The van der Waals surface area contributed by atoms with Crippen LogP contribution in [-0.4, -0.2) is 0 Å². The van der Waals surface area contributed by atoms with E-state index in [1.807, 2.05) is 11.3 Å². The smallest absolute Gasteiger partial charge is 0.0738 e. The molecule has 0 nitrogen and oxygen atoms in total. The number of benzene rings is 1. The maximum atomic E-state index is 3.86. The molecule has 1 heterocycles. The van der Waals surface area contributed by atoms with E-state index in [9.17, 15) is 0 Å². The van der Waals surface area contributed by atoms with Gasteiger partial charge in [0.25, 0.3) is 0 Å². The second-order valence-corrected chi connectivity index (χ2v) is 8.52. The number of thiophene rings is 1. The average Bonchev–Trinajstić information content (AvgIpc) is 2.77. The van der Waals surface area contributed by atoms with Crippen LogP contribution in [0.25, 0.3) is 0 Å². The van der Waals surface area contributed by atoms with E-state index >= 15 is 0 Å². The third-order valence-electron chi connectivity index (χ3n) is 3.79. The maximum Gasteiger partial charge on any atom is 0.0738 e. The zero-order valence-corrected chi connectivity index (χ0v) is 14.9. The molecule has 3 heteroatoms. The van der Waals surface area contributed by atoms with Crippen molar-refractivity contribution in [3.63, 3.8) is 0 Å². The molecule has 0 bridgehead atoms. The fraction of sp³-hybridized carbons (Fsp3) is 0.375. The summed E-state index contributed by atoms with van der Waals surface area (Å²) in [5.74, 6) is 0. The summed E-state index contributed by atoms with van der Waals surface area (Å²) in [5, 5.41) is 0. The Bertz CT molecular complexity index is 581.